The van der Waals surface area contributed by atoms with Gasteiger partial charge in [0, 0.05) is 12.1 Å². The van der Waals surface area contributed by atoms with Gasteiger partial charge < -0.3 is 16.0 Å². The van der Waals surface area contributed by atoms with Gasteiger partial charge >= 0.3 is 0 Å². The van der Waals surface area contributed by atoms with E-state index in [0.717, 1.165) is 5.56 Å². The number of hydrogen-bond donors (Lipinski definition) is 2. The second kappa shape index (κ2) is 8.15. The molecule has 0 fully saturated rings. The molecule has 0 aliphatic heterocycles. The van der Waals surface area contributed by atoms with Crippen LogP contribution in [-0.4, -0.2) is 36.3 Å². The lowest BCUT2D eigenvalue weighted by Crippen LogP contribution is -2.47. The Bertz CT molecular complexity index is 534. The fourth-order valence-electron chi connectivity index (χ4n) is 1.95. The lowest BCUT2D eigenvalue weighted by Gasteiger charge is -2.26. The van der Waals surface area contributed by atoms with E-state index in [-0.39, 0.29) is 30.3 Å². The molecule has 1 rings (SSSR count). The van der Waals surface area contributed by atoms with Gasteiger partial charge in [-0.05, 0) is 24.5 Å². The third-order valence-electron chi connectivity index (χ3n) is 3.76. The van der Waals surface area contributed by atoms with Crippen molar-refractivity contribution in [1.29, 1.82) is 0 Å². The van der Waals surface area contributed by atoms with Gasteiger partial charge in [-0.1, -0.05) is 43.6 Å². The van der Waals surface area contributed by atoms with Crippen molar-refractivity contribution in [3.05, 3.63) is 34.9 Å². The van der Waals surface area contributed by atoms with Gasteiger partial charge in [0.05, 0.1) is 18.6 Å². The second-order valence-electron chi connectivity index (χ2n) is 5.69. The summed E-state index contributed by atoms with van der Waals surface area (Å²) in [6, 6.07) is 6.59. The Labute approximate surface area is 136 Å². The number of halogens is 1. The Morgan fingerprint density at radius 1 is 1.27 bits per heavy atom. The van der Waals surface area contributed by atoms with Crippen LogP contribution in [0.1, 0.15) is 32.4 Å². The number of nitrogens with two attached hydrogens (primary N) is 1. The van der Waals surface area contributed by atoms with Crippen molar-refractivity contribution < 1.29 is 9.59 Å². The highest BCUT2D eigenvalue weighted by molar-refractivity contribution is 6.31. The van der Waals surface area contributed by atoms with E-state index in [9.17, 15) is 9.59 Å². The van der Waals surface area contributed by atoms with Gasteiger partial charge in [0.15, 0.2) is 0 Å². The molecule has 2 atom stereocenters. The molecule has 6 heteroatoms. The molecule has 5 nitrogen and oxygen atoms in total. The number of rotatable bonds is 6. The van der Waals surface area contributed by atoms with Gasteiger partial charge in [-0.2, -0.15) is 0 Å². The number of nitrogens with one attached hydrogen (secondary N) is 1. The van der Waals surface area contributed by atoms with Crippen molar-refractivity contribution in [3.63, 3.8) is 0 Å². The summed E-state index contributed by atoms with van der Waals surface area (Å²) in [5, 5.41) is 3.19. The summed E-state index contributed by atoms with van der Waals surface area (Å²) in [5.41, 5.74) is 6.60. The molecule has 0 aromatic heterocycles. The maximum absolute atomic E-state index is 12.2. The van der Waals surface area contributed by atoms with Crippen molar-refractivity contribution >= 4 is 23.4 Å². The lowest BCUT2D eigenvalue weighted by molar-refractivity contribution is -0.133. The fourth-order valence-corrected chi connectivity index (χ4v) is 2.24. The molecule has 1 aromatic carbocycles. The predicted molar refractivity (Wildman–Crippen MR) is 88.5 cm³/mol. The average molecular weight is 326 g/mol. The number of amides is 2. The average Bonchev–Trinajstić information content (AvgIpc) is 2.50. The Kier molecular flexibility index (Phi) is 6.84. The molecule has 122 valence electrons. The molecule has 0 saturated heterocycles. The van der Waals surface area contributed by atoms with Gasteiger partial charge in [0.25, 0.3) is 0 Å². The van der Waals surface area contributed by atoms with Crippen LogP contribution < -0.4 is 11.1 Å². The first-order valence-corrected chi connectivity index (χ1v) is 7.66. The Morgan fingerprint density at radius 2 is 1.86 bits per heavy atom. The highest BCUT2D eigenvalue weighted by atomic mass is 35.5. The van der Waals surface area contributed by atoms with Crippen LogP contribution in [0.3, 0.4) is 0 Å². The second-order valence-corrected chi connectivity index (χ2v) is 6.10. The SMILES string of the molecule is CC(C)[C@H](N)C(=O)NCC(=O)N(C)C(C)c1ccccc1Cl. The number of carbonyl (C=O) groups excluding carboxylic acids is 2. The van der Waals surface area contributed by atoms with E-state index in [1.807, 2.05) is 39.0 Å². The van der Waals surface area contributed by atoms with E-state index in [2.05, 4.69) is 5.32 Å². The summed E-state index contributed by atoms with van der Waals surface area (Å²) < 4.78 is 0. The first-order chi connectivity index (χ1) is 10.3. The van der Waals surface area contributed by atoms with Crippen molar-refractivity contribution in [3.8, 4) is 0 Å². The van der Waals surface area contributed by atoms with E-state index in [4.69, 9.17) is 17.3 Å². The molecule has 22 heavy (non-hydrogen) atoms. The summed E-state index contributed by atoms with van der Waals surface area (Å²) >= 11 is 6.15. The van der Waals surface area contributed by atoms with Crippen LogP contribution in [-0.2, 0) is 9.59 Å². The van der Waals surface area contributed by atoms with Gasteiger partial charge in [-0.25, -0.2) is 0 Å². The quantitative estimate of drug-likeness (QED) is 0.839. The molecule has 1 aromatic rings. The zero-order valence-corrected chi connectivity index (χ0v) is 14.2. The standard InChI is InChI=1S/C16H24ClN3O2/c1-10(2)15(18)16(22)19-9-14(21)20(4)11(3)12-7-5-6-8-13(12)17/h5-8,10-11,15H,9,18H2,1-4H3,(H,19,22)/t11?,15-/m0/s1. The molecule has 0 heterocycles. The minimum atomic E-state index is -0.612. The maximum Gasteiger partial charge on any atom is 0.242 e. The van der Waals surface area contributed by atoms with E-state index >= 15 is 0 Å². The summed E-state index contributed by atoms with van der Waals surface area (Å²) in [6.07, 6.45) is 0. The maximum atomic E-state index is 12.2. The Morgan fingerprint density at radius 3 is 2.41 bits per heavy atom. The largest absolute Gasteiger partial charge is 0.346 e. The molecule has 0 spiro atoms. The monoisotopic (exact) mass is 325 g/mol. The van der Waals surface area contributed by atoms with Crippen LogP contribution in [0, 0.1) is 5.92 Å². The summed E-state index contributed by atoms with van der Waals surface area (Å²) in [6.45, 7) is 5.53. The molecule has 0 bridgehead atoms. The zero-order chi connectivity index (χ0) is 16.9. The lowest BCUT2D eigenvalue weighted by atomic mass is 10.1. The topological polar surface area (TPSA) is 75.4 Å². The summed E-state index contributed by atoms with van der Waals surface area (Å²) in [4.78, 5) is 25.5. The van der Waals surface area contributed by atoms with Crippen LogP contribution in [0.25, 0.3) is 0 Å². The van der Waals surface area contributed by atoms with E-state index in [1.54, 1.807) is 18.0 Å². The van der Waals surface area contributed by atoms with Gasteiger partial charge in [-0.3, -0.25) is 9.59 Å². The third kappa shape index (κ3) is 4.71. The van der Waals surface area contributed by atoms with Crippen LogP contribution in [0.15, 0.2) is 24.3 Å². The van der Waals surface area contributed by atoms with E-state index in [1.165, 1.54) is 0 Å². The molecule has 0 aliphatic carbocycles. The fraction of sp³-hybridized carbons (Fsp3) is 0.500. The first-order valence-electron chi connectivity index (χ1n) is 7.29. The summed E-state index contributed by atoms with van der Waals surface area (Å²) in [7, 11) is 1.69. The first kappa shape index (κ1) is 18.5. The van der Waals surface area contributed by atoms with Gasteiger partial charge in [-0.15, -0.1) is 0 Å². The van der Waals surface area contributed by atoms with E-state index in [0.29, 0.717) is 5.02 Å². The number of nitrogens with zero attached hydrogens (tertiary/aromatic N) is 1. The van der Waals surface area contributed by atoms with Crippen molar-refractivity contribution in [1.82, 2.24) is 10.2 Å². The van der Waals surface area contributed by atoms with Crippen LogP contribution in [0.2, 0.25) is 5.02 Å². The normalized spacial score (nSPS) is 13.6. The van der Waals surface area contributed by atoms with Crippen LogP contribution >= 0.6 is 11.6 Å². The molecule has 1 unspecified atom stereocenters. The number of carbonyl (C=O) groups is 2. The highest BCUT2D eigenvalue weighted by Crippen LogP contribution is 2.26. The smallest absolute Gasteiger partial charge is 0.242 e. The minimum Gasteiger partial charge on any atom is -0.346 e. The molecule has 0 aliphatic rings. The molecule has 2 amide bonds. The molecule has 0 saturated carbocycles. The van der Waals surface area contributed by atoms with Crippen LogP contribution in [0.5, 0.6) is 0 Å². The van der Waals surface area contributed by atoms with Crippen molar-refractivity contribution in [2.45, 2.75) is 32.9 Å². The van der Waals surface area contributed by atoms with Crippen molar-refractivity contribution in [2.75, 3.05) is 13.6 Å². The third-order valence-corrected chi connectivity index (χ3v) is 4.11. The predicted octanol–water partition coefficient (Wildman–Crippen LogP) is 1.96. The molecule has 3 N–H and O–H groups in total. The number of benzene rings is 1. The minimum absolute atomic E-state index is 0.0230. The van der Waals surface area contributed by atoms with E-state index < -0.39 is 6.04 Å². The Balaban J connectivity index is 2.62. The van der Waals surface area contributed by atoms with Crippen molar-refractivity contribution in [2.24, 2.45) is 11.7 Å². The molecular formula is C16H24ClN3O2. The summed E-state index contributed by atoms with van der Waals surface area (Å²) in [5.74, 6) is -0.492. The highest BCUT2D eigenvalue weighted by Gasteiger charge is 2.22. The van der Waals surface area contributed by atoms with Gasteiger partial charge in [0.1, 0.15) is 0 Å². The Hall–Kier alpha value is -1.59. The number of likely N-dealkylation sites (N-methyl/N-ethyl adjacent to an activating group) is 1. The van der Waals surface area contributed by atoms with Gasteiger partial charge in [0.2, 0.25) is 11.8 Å². The van der Waals surface area contributed by atoms with Crippen LogP contribution in [0.4, 0.5) is 0 Å². The number of hydrogen-bond acceptors (Lipinski definition) is 3. The molecular weight excluding hydrogens is 302 g/mol. The molecule has 0 radical (unpaired) electrons. The zero-order valence-electron chi connectivity index (χ0n) is 13.5.